The van der Waals surface area contributed by atoms with Gasteiger partial charge in [0.25, 0.3) is 11.7 Å². The molecular weight excluding hydrogens is 404 g/mol. The zero-order valence-corrected chi connectivity index (χ0v) is 19.5. The molecule has 0 aromatic heterocycles. The molecule has 1 heterocycles. The summed E-state index contributed by atoms with van der Waals surface area (Å²) in [6.07, 6.45) is 0. The van der Waals surface area contributed by atoms with Crippen LogP contribution >= 0.6 is 0 Å². The highest BCUT2D eigenvalue weighted by atomic mass is 16.5. The molecule has 1 amide bonds. The Bertz CT molecular complexity index is 1040. The molecule has 1 unspecified atom stereocenters. The molecule has 6 nitrogen and oxygen atoms in total. The SMILES string of the molecule is CCN(CC)CCN1C(=O)C(=O)C(=C(O)c2cc(C)ccc2C)C1c1cccc(OC)c1. The Morgan fingerprint density at radius 2 is 1.81 bits per heavy atom. The lowest BCUT2D eigenvalue weighted by molar-refractivity contribution is -0.140. The molecule has 2 aromatic carbocycles. The van der Waals surface area contributed by atoms with Gasteiger partial charge in [-0.05, 0) is 56.3 Å². The third-order valence-electron chi connectivity index (χ3n) is 6.15. The van der Waals surface area contributed by atoms with Gasteiger partial charge in [-0.2, -0.15) is 0 Å². The fourth-order valence-electron chi connectivity index (χ4n) is 4.19. The highest BCUT2D eigenvalue weighted by Gasteiger charge is 2.46. The van der Waals surface area contributed by atoms with Crippen LogP contribution in [-0.4, -0.2) is 59.9 Å². The maximum absolute atomic E-state index is 13.2. The number of likely N-dealkylation sites (tertiary alicyclic amines) is 1. The molecule has 1 N–H and O–H groups in total. The molecule has 0 saturated carbocycles. The number of ether oxygens (including phenoxy) is 1. The van der Waals surface area contributed by atoms with Crippen LogP contribution in [0.5, 0.6) is 5.75 Å². The molecule has 170 valence electrons. The lowest BCUT2D eigenvalue weighted by Crippen LogP contribution is -2.38. The molecule has 0 aliphatic carbocycles. The van der Waals surface area contributed by atoms with Crippen molar-refractivity contribution in [3.05, 3.63) is 70.3 Å². The molecule has 32 heavy (non-hydrogen) atoms. The number of hydrogen-bond donors (Lipinski definition) is 1. The molecule has 3 rings (SSSR count). The molecule has 1 aliphatic rings. The number of aliphatic hydroxyl groups is 1. The van der Waals surface area contributed by atoms with Crippen LogP contribution in [0.1, 0.15) is 42.1 Å². The van der Waals surface area contributed by atoms with Gasteiger partial charge in [0.2, 0.25) is 0 Å². The van der Waals surface area contributed by atoms with Crippen molar-refractivity contribution in [3.8, 4) is 5.75 Å². The summed E-state index contributed by atoms with van der Waals surface area (Å²) < 4.78 is 5.38. The number of methoxy groups -OCH3 is 1. The minimum atomic E-state index is -0.680. The molecular formula is C26H32N2O4. The molecule has 1 atom stereocenters. The van der Waals surface area contributed by atoms with E-state index in [0.29, 0.717) is 24.4 Å². The van der Waals surface area contributed by atoms with E-state index in [1.165, 1.54) is 0 Å². The molecule has 2 aromatic rings. The number of benzene rings is 2. The molecule has 1 saturated heterocycles. The van der Waals surface area contributed by atoms with E-state index >= 15 is 0 Å². The van der Waals surface area contributed by atoms with E-state index in [2.05, 4.69) is 18.7 Å². The number of ketones is 1. The average Bonchev–Trinajstić information content (AvgIpc) is 3.05. The summed E-state index contributed by atoms with van der Waals surface area (Å²) in [6, 6.07) is 12.3. The minimum absolute atomic E-state index is 0.122. The Hall–Kier alpha value is -3.12. The zero-order chi connectivity index (χ0) is 23.4. The van der Waals surface area contributed by atoms with Gasteiger partial charge in [-0.25, -0.2) is 0 Å². The first kappa shape index (κ1) is 23.5. The maximum atomic E-state index is 13.2. The minimum Gasteiger partial charge on any atom is -0.507 e. The highest BCUT2D eigenvalue weighted by molar-refractivity contribution is 6.46. The Balaban J connectivity index is 2.16. The van der Waals surface area contributed by atoms with Gasteiger partial charge in [-0.15, -0.1) is 0 Å². The number of aliphatic hydroxyl groups excluding tert-OH is 1. The number of nitrogens with zero attached hydrogens (tertiary/aromatic N) is 2. The van der Waals surface area contributed by atoms with Crippen molar-refractivity contribution in [1.82, 2.24) is 9.80 Å². The molecule has 0 radical (unpaired) electrons. The van der Waals surface area contributed by atoms with Crippen molar-refractivity contribution in [2.75, 3.05) is 33.3 Å². The van der Waals surface area contributed by atoms with E-state index in [9.17, 15) is 14.7 Å². The van der Waals surface area contributed by atoms with Crippen molar-refractivity contribution >= 4 is 17.4 Å². The summed E-state index contributed by atoms with van der Waals surface area (Å²) in [4.78, 5) is 30.1. The molecule has 0 bridgehead atoms. The summed E-state index contributed by atoms with van der Waals surface area (Å²) in [5.41, 5.74) is 3.23. The van der Waals surface area contributed by atoms with Crippen LogP contribution in [0.4, 0.5) is 0 Å². The molecule has 0 spiro atoms. The Labute approximate surface area is 190 Å². The number of aryl methyl sites for hydroxylation is 2. The second-order valence-electron chi connectivity index (χ2n) is 8.11. The van der Waals surface area contributed by atoms with Gasteiger partial charge < -0.3 is 19.6 Å². The summed E-state index contributed by atoms with van der Waals surface area (Å²) in [5.74, 6) is -0.751. The van der Waals surface area contributed by atoms with Crippen LogP contribution in [0, 0.1) is 13.8 Å². The van der Waals surface area contributed by atoms with E-state index < -0.39 is 17.7 Å². The van der Waals surface area contributed by atoms with Crippen LogP contribution in [0.2, 0.25) is 0 Å². The van der Waals surface area contributed by atoms with Gasteiger partial charge in [0.1, 0.15) is 11.5 Å². The summed E-state index contributed by atoms with van der Waals surface area (Å²) in [7, 11) is 1.58. The maximum Gasteiger partial charge on any atom is 0.295 e. The number of hydrogen-bond acceptors (Lipinski definition) is 5. The van der Waals surface area contributed by atoms with E-state index in [4.69, 9.17) is 4.74 Å². The fourth-order valence-corrected chi connectivity index (χ4v) is 4.19. The molecule has 1 aliphatic heterocycles. The Morgan fingerprint density at radius 3 is 2.47 bits per heavy atom. The van der Waals surface area contributed by atoms with Crippen LogP contribution in [0.25, 0.3) is 5.76 Å². The lowest BCUT2D eigenvalue weighted by atomic mass is 9.93. The number of carbonyl (C=O) groups is 2. The van der Waals surface area contributed by atoms with E-state index in [-0.39, 0.29) is 11.3 Å². The van der Waals surface area contributed by atoms with E-state index in [1.807, 2.05) is 56.3 Å². The normalized spacial score (nSPS) is 17.9. The summed E-state index contributed by atoms with van der Waals surface area (Å²) in [6.45, 7) is 10.7. The van der Waals surface area contributed by atoms with Crippen LogP contribution in [0.15, 0.2) is 48.0 Å². The molecule has 1 fully saturated rings. The summed E-state index contributed by atoms with van der Waals surface area (Å²) in [5, 5.41) is 11.3. The van der Waals surface area contributed by atoms with Crippen molar-refractivity contribution in [2.45, 2.75) is 33.7 Å². The largest absolute Gasteiger partial charge is 0.507 e. The Morgan fingerprint density at radius 1 is 1.09 bits per heavy atom. The Kier molecular flexibility index (Phi) is 7.36. The highest BCUT2D eigenvalue weighted by Crippen LogP contribution is 2.40. The number of Topliss-reactive ketones (excluding diaryl/α,β-unsaturated/α-hetero) is 1. The van der Waals surface area contributed by atoms with Crippen molar-refractivity contribution in [1.29, 1.82) is 0 Å². The number of likely N-dealkylation sites (N-methyl/N-ethyl adjacent to an activating group) is 1. The van der Waals surface area contributed by atoms with Gasteiger partial charge in [0.05, 0.1) is 18.7 Å². The standard InChI is InChI=1S/C26H32N2O4/c1-6-27(7-2)13-14-28-23(19-9-8-10-20(16-19)32-5)22(25(30)26(28)31)24(29)21-15-17(3)11-12-18(21)4/h8-12,15-16,23,29H,6-7,13-14H2,1-5H3. The first-order valence-corrected chi connectivity index (χ1v) is 11.0. The number of rotatable bonds is 8. The molecule has 6 heteroatoms. The topological polar surface area (TPSA) is 70.1 Å². The second-order valence-corrected chi connectivity index (χ2v) is 8.11. The predicted octanol–water partition coefficient (Wildman–Crippen LogP) is 4.08. The quantitative estimate of drug-likeness (QED) is 0.384. The lowest BCUT2D eigenvalue weighted by Gasteiger charge is -2.28. The predicted molar refractivity (Wildman–Crippen MR) is 126 cm³/mol. The number of amides is 1. The van der Waals surface area contributed by atoms with E-state index in [0.717, 1.165) is 29.8 Å². The van der Waals surface area contributed by atoms with Crippen LogP contribution in [0.3, 0.4) is 0 Å². The van der Waals surface area contributed by atoms with Gasteiger partial charge >= 0.3 is 0 Å². The van der Waals surface area contributed by atoms with Crippen molar-refractivity contribution in [2.24, 2.45) is 0 Å². The second kappa shape index (κ2) is 10.0. The van der Waals surface area contributed by atoms with Crippen LogP contribution < -0.4 is 4.74 Å². The van der Waals surface area contributed by atoms with Crippen molar-refractivity contribution < 1.29 is 19.4 Å². The summed E-state index contributed by atoms with van der Waals surface area (Å²) >= 11 is 0. The van der Waals surface area contributed by atoms with E-state index in [1.54, 1.807) is 12.0 Å². The van der Waals surface area contributed by atoms with Gasteiger partial charge in [0.15, 0.2) is 0 Å². The van der Waals surface area contributed by atoms with Gasteiger partial charge in [0, 0.05) is 18.7 Å². The van der Waals surface area contributed by atoms with Gasteiger partial charge in [-0.3, -0.25) is 9.59 Å². The zero-order valence-electron chi connectivity index (χ0n) is 19.5. The van der Waals surface area contributed by atoms with Crippen molar-refractivity contribution in [3.63, 3.8) is 0 Å². The third kappa shape index (κ3) is 4.55. The first-order chi connectivity index (χ1) is 15.3. The smallest absolute Gasteiger partial charge is 0.295 e. The van der Waals surface area contributed by atoms with Gasteiger partial charge in [-0.1, -0.05) is 43.7 Å². The third-order valence-corrected chi connectivity index (χ3v) is 6.15. The van der Waals surface area contributed by atoms with Crippen LogP contribution in [-0.2, 0) is 9.59 Å². The monoisotopic (exact) mass is 436 g/mol. The fraction of sp³-hybridized carbons (Fsp3) is 0.385. The first-order valence-electron chi connectivity index (χ1n) is 11.0. The average molecular weight is 437 g/mol. The number of carbonyl (C=O) groups excluding carboxylic acids is 2.